The number of hydrogen-bond donors (Lipinski definition) is 4. The second kappa shape index (κ2) is 8.26. The molecule has 0 aliphatic rings. The number of hydrogen-bond acceptors (Lipinski definition) is 7. The molecule has 3 aromatic rings. The average molecular weight is 349 g/mol. The van der Waals surface area contributed by atoms with Gasteiger partial charge in [0.25, 0.3) is 0 Å². The van der Waals surface area contributed by atoms with Crippen molar-refractivity contribution in [2.24, 2.45) is 0 Å². The number of pyridine rings is 1. The van der Waals surface area contributed by atoms with Crippen LogP contribution in [0.15, 0.2) is 48.8 Å². The first-order chi connectivity index (χ1) is 12.7. The maximum atomic E-state index is 5.82. The lowest BCUT2D eigenvalue weighted by Crippen LogP contribution is -2.18. The van der Waals surface area contributed by atoms with Gasteiger partial charge in [0, 0.05) is 48.0 Å². The fourth-order valence-corrected chi connectivity index (χ4v) is 2.61. The Labute approximate surface area is 153 Å². The molecule has 0 saturated carbocycles. The van der Waals surface area contributed by atoms with Gasteiger partial charge in [-0.15, -0.1) is 0 Å². The van der Waals surface area contributed by atoms with Crippen LogP contribution in [-0.4, -0.2) is 35.1 Å². The van der Waals surface area contributed by atoms with Gasteiger partial charge < -0.3 is 21.7 Å². The number of likely N-dealkylation sites (N-methyl/N-ethyl adjacent to an activating group) is 1. The van der Waals surface area contributed by atoms with Crippen molar-refractivity contribution < 1.29 is 0 Å². The highest BCUT2D eigenvalue weighted by Crippen LogP contribution is 2.26. The number of nitrogens with two attached hydrogens (primary N) is 1. The molecule has 2 aromatic heterocycles. The maximum absolute atomic E-state index is 5.82. The largest absolute Gasteiger partial charge is 0.399 e. The Morgan fingerprint density at radius 2 is 1.88 bits per heavy atom. The molecular formula is C19H23N7. The lowest BCUT2D eigenvalue weighted by Gasteiger charge is -2.12. The Balaban J connectivity index is 1.85. The second-order valence-corrected chi connectivity index (χ2v) is 5.88. The van der Waals surface area contributed by atoms with Crippen LogP contribution >= 0.6 is 0 Å². The van der Waals surface area contributed by atoms with Crippen molar-refractivity contribution in [1.29, 1.82) is 0 Å². The number of benzene rings is 1. The van der Waals surface area contributed by atoms with Crippen LogP contribution in [0.2, 0.25) is 0 Å². The number of anilines is 4. The predicted molar refractivity (Wildman–Crippen MR) is 107 cm³/mol. The third-order valence-electron chi connectivity index (χ3n) is 3.95. The molecule has 0 unspecified atom stereocenters. The van der Waals surface area contributed by atoms with Gasteiger partial charge in [0.1, 0.15) is 5.82 Å². The van der Waals surface area contributed by atoms with Gasteiger partial charge in [-0.3, -0.25) is 0 Å². The standard InChI is InChI=1S/C19H23N7/c1-13-16(6-8-22-18(13)23-11-10-21-2)17-7-9-24-19(26-17)25-15-5-3-4-14(20)12-15/h3-9,12,21H,10-11,20H2,1-2H3,(H,22,23)(H,24,25,26). The Morgan fingerprint density at radius 3 is 2.69 bits per heavy atom. The molecule has 0 atom stereocenters. The SMILES string of the molecule is CNCCNc1nccc(-c2ccnc(Nc3cccc(N)c3)n2)c1C. The number of nitrogen functional groups attached to an aromatic ring is 1. The smallest absolute Gasteiger partial charge is 0.227 e. The van der Waals surface area contributed by atoms with E-state index in [1.54, 1.807) is 12.4 Å². The molecule has 7 heteroatoms. The van der Waals surface area contributed by atoms with E-state index in [2.05, 4.69) is 30.9 Å². The highest BCUT2D eigenvalue weighted by molar-refractivity contribution is 5.70. The molecule has 0 saturated heterocycles. The lowest BCUT2D eigenvalue weighted by molar-refractivity contribution is 0.820. The van der Waals surface area contributed by atoms with E-state index in [-0.39, 0.29) is 0 Å². The molecule has 0 spiro atoms. The van der Waals surface area contributed by atoms with Gasteiger partial charge in [-0.25, -0.2) is 15.0 Å². The van der Waals surface area contributed by atoms with Gasteiger partial charge >= 0.3 is 0 Å². The van der Waals surface area contributed by atoms with Crippen LogP contribution in [0, 0.1) is 6.92 Å². The molecule has 0 bridgehead atoms. The summed E-state index contributed by atoms with van der Waals surface area (Å²) in [6, 6.07) is 11.4. The zero-order valence-electron chi connectivity index (χ0n) is 15.0. The third-order valence-corrected chi connectivity index (χ3v) is 3.95. The van der Waals surface area contributed by atoms with Crippen LogP contribution in [0.4, 0.5) is 23.1 Å². The number of rotatable bonds is 7. The Morgan fingerprint density at radius 1 is 1.04 bits per heavy atom. The molecule has 0 aliphatic carbocycles. The van der Waals surface area contributed by atoms with Crippen molar-refractivity contribution in [3.63, 3.8) is 0 Å². The average Bonchev–Trinajstić information content (AvgIpc) is 2.63. The normalized spacial score (nSPS) is 10.5. The first kappa shape index (κ1) is 17.6. The zero-order chi connectivity index (χ0) is 18.4. The van der Waals surface area contributed by atoms with Gasteiger partial charge in [0.05, 0.1) is 5.69 Å². The second-order valence-electron chi connectivity index (χ2n) is 5.88. The molecule has 0 aliphatic heterocycles. The summed E-state index contributed by atoms with van der Waals surface area (Å²) in [7, 11) is 1.92. The van der Waals surface area contributed by atoms with Gasteiger partial charge in [0.15, 0.2) is 0 Å². The van der Waals surface area contributed by atoms with Crippen LogP contribution < -0.4 is 21.7 Å². The minimum atomic E-state index is 0.522. The highest BCUT2D eigenvalue weighted by Gasteiger charge is 2.10. The molecule has 0 fully saturated rings. The summed E-state index contributed by atoms with van der Waals surface area (Å²) >= 11 is 0. The van der Waals surface area contributed by atoms with Crippen molar-refractivity contribution in [3.05, 3.63) is 54.4 Å². The van der Waals surface area contributed by atoms with E-state index < -0.39 is 0 Å². The van der Waals surface area contributed by atoms with E-state index in [4.69, 9.17) is 5.73 Å². The number of nitrogens with one attached hydrogen (secondary N) is 3. The maximum Gasteiger partial charge on any atom is 0.227 e. The molecule has 7 nitrogen and oxygen atoms in total. The first-order valence-electron chi connectivity index (χ1n) is 8.47. The monoisotopic (exact) mass is 349 g/mol. The highest BCUT2D eigenvalue weighted by atomic mass is 15.1. The zero-order valence-corrected chi connectivity index (χ0v) is 15.0. The molecule has 134 valence electrons. The van der Waals surface area contributed by atoms with Gasteiger partial charge in [-0.1, -0.05) is 6.07 Å². The van der Waals surface area contributed by atoms with Crippen molar-refractivity contribution in [3.8, 4) is 11.3 Å². The molecular weight excluding hydrogens is 326 g/mol. The topological polar surface area (TPSA) is 101 Å². The van der Waals surface area contributed by atoms with Crippen molar-refractivity contribution in [1.82, 2.24) is 20.3 Å². The van der Waals surface area contributed by atoms with Crippen LogP contribution in [0.1, 0.15) is 5.56 Å². The fraction of sp³-hybridized carbons (Fsp3) is 0.211. The minimum Gasteiger partial charge on any atom is -0.399 e. The first-order valence-corrected chi connectivity index (χ1v) is 8.47. The van der Waals surface area contributed by atoms with Gasteiger partial charge in [-0.2, -0.15) is 0 Å². The quantitative estimate of drug-likeness (QED) is 0.384. The molecule has 0 radical (unpaired) electrons. The summed E-state index contributed by atoms with van der Waals surface area (Å²) in [5.41, 5.74) is 10.3. The Hall–Kier alpha value is -3.19. The summed E-state index contributed by atoms with van der Waals surface area (Å²) in [6.07, 6.45) is 3.53. The summed E-state index contributed by atoms with van der Waals surface area (Å²) in [5.74, 6) is 1.38. The van der Waals surface area contributed by atoms with E-state index in [0.29, 0.717) is 11.6 Å². The van der Waals surface area contributed by atoms with Crippen molar-refractivity contribution in [2.45, 2.75) is 6.92 Å². The van der Waals surface area contributed by atoms with E-state index in [1.165, 1.54) is 0 Å². The third kappa shape index (κ3) is 4.25. The number of aromatic nitrogens is 3. The molecule has 0 amide bonds. The van der Waals surface area contributed by atoms with Crippen molar-refractivity contribution >= 4 is 23.1 Å². The predicted octanol–water partition coefficient (Wildman–Crippen LogP) is 2.80. The van der Waals surface area contributed by atoms with Gasteiger partial charge in [-0.05, 0) is 44.3 Å². The van der Waals surface area contributed by atoms with Gasteiger partial charge in [0.2, 0.25) is 5.95 Å². The van der Waals surface area contributed by atoms with E-state index in [0.717, 1.165) is 41.4 Å². The van der Waals surface area contributed by atoms with Crippen molar-refractivity contribution in [2.75, 3.05) is 36.5 Å². The Bertz CT molecular complexity index is 879. The molecule has 5 N–H and O–H groups in total. The summed E-state index contributed by atoms with van der Waals surface area (Å²) < 4.78 is 0. The van der Waals surface area contributed by atoms with Crippen LogP contribution in [0.3, 0.4) is 0 Å². The molecule has 3 rings (SSSR count). The van der Waals surface area contributed by atoms with E-state index in [1.807, 2.05) is 50.4 Å². The summed E-state index contributed by atoms with van der Waals surface area (Å²) in [4.78, 5) is 13.4. The van der Waals surface area contributed by atoms with Crippen LogP contribution in [0.5, 0.6) is 0 Å². The van der Waals surface area contributed by atoms with E-state index in [9.17, 15) is 0 Å². The summed E-state index contributed by atoms with van der Waals surface area (Å²) in [6.45, 7) is 3.71. The minimum absolute atomic E-state index is 0.522. The summed E-state index contributed by atoms with van der Waals surface area (Å²) in [5, 5.41) is 9.64. The Kier molecular flexibility index (Phi) is 5.60. The molecule has 2 heterocycles. The molecule has 1 aromatic carbocycles. The number of nitrogens with zero attached hydrogens (tertiary/aromatic N) is 3. The van der Waals surface area contributed by atoms with Crippen LogP contribution in [0.25, 0.3) is 11.3 Å². The fourth-order valence-electron chi connectivity index (χ4n) is 2.61. The lowest BCUT2D eigenvalue weighted by atomic mass is 10.1. The van der Waals surface area contributed by atoms with Crippen LogP contribution in [-0.2, 0) is 0 Å². The molecule has 26 heavy (non-hydrogen) atoms. The van der Waals surface area contributed by atoms with E-state index >= 15 is 0 Å².